The first-order valence-corrected chi connectivity index (χ1v) is 7.32. The SMILES string of the molecule is CCCNCCCC(C)N1Cc2ccccc2C1. The minimum atomic E-state index is 0.695. The van der Waals surface area contributed by atoms with E-state index in [4.69, 9.17) is 0 Å². The molecule has 1 N–H and O–H groups in total. The van der Waals surface area contributed by atoms with Crippen molar-refractivity contribution in [3.8, 4) is 0 Å². The van der Waals surface area contributed by atoms with E-state index < -0.39 is 0 Å². The molecule has 0 aliphatic carbocycles. The van der Waals surface area contributed by atoms with E-state index in [1.54, 1.807) is 0 Å². The summed E-state index contributed by atoms with van der Waals surface area (Å²) in [5, 5.41) is 3.48. The van der Waals surface area contributed by atoms with Crippen LogP contribution in [0.5, 0.6) is 0 Å². The van der Waals surface area contributed by atoms with Gasteiger partial charge in [-0.05, 0) is 50.4 Å². The van der Waals surface area contributed by atoms with Crippen molar-refractivity contribution in [2.75, 3.05) is 13.1 Å². The second-order valence-corrected chi connectivity index (χ2v) is 5.41. The highest BCUT2D eigenvalue weighted by Crippen LogP contribution is 2.25. The van der Waals surface area contributed by atoms with E-state index in [2.05, 4.69) is 48.3 Å². The third-order valence-electron chi connectivity index (χ3n) is 3.89. The maximum absolute atomic E-state index is 3.48. The van der Waals surface area contributed by atoms with Crippen LogP contribution in [-0.2, 0) is 13.1 Å². The van der Waals surface area contributed by atoms with E-state index in [0.717, 1.165) is 19.6 Å². The van der Waals surface area contributed by atoms with Gasteiger partial charge in [-0.25, -0.2) is 0 Å². The fraction of sp³-hybridized carbons (Fsp3) is 0.625. The molecule has 1 aromatic carbocycles. The molecule has 1 aromatic rings. The number of hydrogen-bond donors (Lipinski definition) is 1. The van der Waals surface area contributed by atoms with E-state index in [-0.39, 0.29) is 0 Å². The quantitative estimate of drug-likeness (QED) is 0.743. The van der Waals surface area contributed by atoms with Crippen molar-refractivity contribution >= 4 is 0 Å². The van der Waals surface area contributed by atoms with Gasteiger partial charge in [-0.3, -0.25) is 4.90 Å². The van der Waals surface area contributed by atoms with Crippen LogP contribution in [0.15, 0.2) is 24.3 Å². The molecule has 1 aliphatic rings. The van der Waals surface area contributed by atoms with E-state index in [9.17, 15) is 0 Å². The monoisotopic (exact) mass is 246 g/mol. The lowest BCUT2D eigenvalue weighted by molar-refractivity contribution is 0.200. The van der Waals surface area contributed by atoms with Gasteiger partial charge in [-0.15, -0.1) is 0 Å². The fourth-order valence-electron chi connectivity index (χ4n) is 2.68. The van der Waals surface area contributed by atoms with Crippen molar-refractivity contribution in [3.63, 3.8) is 0 Å². The Kier molecular flexibility index (Phi) is 5.21. The molecule has 0 aromatic heterocycles. The highest BCUT2D eigenvalue weighted by Gasteiger charge is 2.22. The first kappa shape index (κ1) is 13.6. The van der Waals surface area contributed by atoms with Crippen molar-refractivity contribution in [2.24, 2.45) is 0 Å². The summed E-state index contributed by atoms with van der Waals surface area (Å²) in [6.07, 6.45) is 3.82. The zero-order chi connectivity index (χ0) is 12.8. The Balaban J connectivity index is 1.70. The Morgan fingerprint density at radius 2 is 1.83 bits per heavy atom. The number of fused-ring (bicyclic) bond motifs is 1. The van der Waals surface area contributed by atoms with Gasteiger partial charge in [0.05, 0.1) is 0 Å². The van der Waals surface area contributed by atoms with Crippen LogP contribution in [0.4, 0.5) is 0 Å². The number of nitrogens with one attached hydrogen (secondary N) is 1. The molecular formula is C16H26N2. The summed E-state index contributed by atoms with van der Waals surface area (Å²) in [6.45, 7) is 9.19. The smallest absolute Gasteiger partial charge is 0.0243 e. The van der Waals surface area contributed by atoms with Gasteiger partial charge >= 0.3 is 0 Å². The van der Waals surface area contributed by atoms with Crippen LogP contribution >= 0.6 is 0 Å². The van der Waals surface area contributed by atoms with E-state index >= 15 is 0 Å². The van der Waals surface area contributed by atoms with Crippen LogP contribution in [0.25, 0.3) is 0 Å². The number of hydrogen-bond acceptors (Lipinski definition) is 2. The molecule has 0 saturated carbocycles. The standard InChI is InChI=1S/C16H26N2/c1-3-10-17-11-6-7-14(2)18-12-15-8-4-5-9-16(15)13-18/h4-5,8-9,14,17H,3,6-7,10-13H2,1-2H3. The Hall–Kier alpha value is -0.860. The molecular weight excluding hydrogens is 220 g/mol. The van der Waals surface area contributed by atoms with Crippen LogP contribution in [0.3, 0.4) is 0 Å². The maximum Gasteiger partial charge on any atom is 0.0243 e. The molecule has 0 fully saturated rings. The second-order valence-electron chi connectivity index (χ2n) is 5.41. The Morgan fingerprint density at radius 3 is 2.44 bits per heavy atom. The molecule has 1 heterocycles. The third kappa shape index (κ3) is 3.56. The van der Waals surface area contributed by atoms with Gasteiger partial charge in [0.2, 0.25) is 0 Å². The Labute approximate surface area is 111 Å². The van der Waals surface area contributed by atoms with Crippen LogP contribution in [-0.4, -0.2) is 24.0 Å². The minimum absolute atomic E-state index is 0.695. The highest BCUT2D eigenvalue weighted by atomic mass is 15.2. The average Bonchev–Trinajstić information content (AvgIpc) is 2.82. The van der Waals surface area contributed by atoms with E-state index in [1.165, 1.54) is 36.9 Å². The van der Waals surface area contributed by atoms with Gasteiger partial charge in [-0.2, -0.15) is 0 Å². The minimum Gasteiger partial charge on any atom is -0.317 e. The molecule has 1 atom stereocenters. The van der Waals surface area contributed by atoms with Crippen molar-refractivity contribution in [2.45, 2.75) is 52.2 Å². The first-order valence-electron chi connectivity index (χ1n) is 7.32. The first-order chi connectivity index (χ1) is 8.81. The zero-order valence-electron chi connectivity index (χ0n) is 11.8. The van der Waals surface area contributed by atoms with Crippen LogP contribution in [0.1, 0.15) is 44.2 Å². The molecule has 1 aliphatic heterocycles. The van der Waals surface area contributed by atoms with Gasteiger partial charge in [0.25, 0.3) is 0 Å². The van der Waals surface area contributed by atoms with E-state index in [1.807, 2.05) is 0 Å². The lowest BCUT2D eigenvalue weighted by atomic mass is 10.1. The van der Waals surface area contributed by atoms with Gasteiger partial charge < -0.3 is 5.32 Å². The normalized spacial score (nSPS) is 16.8. The predicted molar refractivity (Wildman–Crippen MR) is 77.5 cm³/mol. The summed E-state index contributed by atoms with van der Waals surface area (Å²) in [4.78, 5) is 2.60. The maximum atomic E-state index is 3.48. The van der Waals surface area contributed by atoms with E-state index in [0.29, 0.717) is 6.04 Å². The van der Waals surface area contributed by atoms with Crippen LogP contribution < -0.4 is 5.32 Å². The lowest BCUT2D eigenvalue weighted by Crippen LogP contribution is -2.29. The van der Waals surface area contributed by atoms with Crippen molar-refractivity contribution < 1.29 is 0 Å². The molecule has 0 radical (unpaired) electrons. The van der Waals surface area contributed by atoms with Crippen molar-refractivity contribution in [1.82, 2.24) is 10.2 Å². The largest absolute Gasteiger partial charge is 0.317 e. The molecule has 0 spiro atoms. The van der Waals surface area contributed by atoms with Gasteiger partial charge in [0, 0.05) is 19.1 Å². The van der Waals surface area contributed by atoms with Crippen LogP contribution in [0.2, 0.25) is 0 Å². The molecule has 0 amide bonds. The van der Waals surface area contributed by atoms with Crippen molar-refractivity contribution in [1.29, 1.82) is 0 Å². The second kappa shape index (κ2) is 6.91. The zero-order valence-corrected chi connectivity index (χ0v) is 11.8. The average molecular weight is 246 g/mol. The molecule has 0 bridgehead atoms. The molecule has 18 heavy (non-hydrogen) atoms. The summed E-state index contributed by atoms with van der Waals surface area (Å²) < 4.78 is 0. The van der Waals surface area contributed by atoms with Gasteiger partial charge in [0.15, 0.2) is 0 Å². The number of rotatable bonds is 7. The Bertz CT molecular complexity index is 337. The molecule has 100 valence electrons. The molecule has 1 unspecified atom stereocenters. The molecule has 2 rings (SSSR count). The van der Waals surface area contributed by atoms with Gasteiger partial charge in [0.1, 0.15) is 0 Å². The summed E-state index contributed by atoms with van der Waals surface area (Å²) in [6, 6.07) is 9.54. The van der Waals surface area contributed by atoms with Crippen molar-refractivity contribution in [3.05, 3.63) is 35.4 Å². The number of benzene rings is 1. The number of nitrogens with zero attached hydrogens (tertiary/aromatic N) is 1. The van der Waals surface area contributed by atoms with Crippen LogP contribution in [0, 0.1) is 0 Å². The third-order valence-corrected chi connectivity index (χ3v) is 3.89. The summed E-state index contributed by atoms with van der Waals surface area (Å²) in [5.41, 5.74) is 3.04. The summed E-state index contributed by atoms with van der Waals surface area (Å²) in [5.74, 6) is 0. The lowest BCUT2D eigenvalue weighted by Gasteiger charge is -2.23. The highest BCUT2D eigenvalue weighted by molar-refractivity contribution is 5.30. The summed E-state index contributed by atoms with van der Waals surface area (Å²) in [7, 11) is 0. The van der Waals surface area contributed by atoms with Gasteiger partial charge in [-0.1, -0.05) is 31.2 Å². The Morgan fingerprint density at radius 1 is 1.17 bits per heavy atom. The summed E-state index contributed by atoms with van der Waals surface area (Å²) >= 11 is 0. The molecule has 0 saturated heterocycles. The predicted octanol–water partition coefficient (Wildman–Crippen LogP) is 3.17. The molecule has 2 nitrogen and oxygen atoms in total. The molecule has 2 heteroatoms. The fourth-order valence-corrected chi connectivity index (χ4v) is 2.68. The topological polar surface area (TPSA) is 15.3 Å².